The molecule has 17 heavy (non-hydrogen) atoms. The van der Waals surface area contributed by atoms with E-state index in [0.717, 1.165) is 11.3 Å². The summed E-state index contributed by atoms with van der Waals surface area (Å²) in [6, 6.07) is 0. The van der Waals surface area contributed by atoms with Crippen molar-refractivity contribution >= 4 is 0 Å². The fourth-order valence-corrected chi connectivity index (χ4v) is 4.10. The van der Waals surface area contributed by atoms with Crippen LogP contribution in [0.2, 0.25) is 0 Å². The molecule has 0 heterocycles. The Hall–Kier alpha value is -0.520. The van der Waals surface area contributed by atoms with Crippen molar-refractivity contribution < 1.29 is 0 Å². The Balaban J connectivity index is 1.31. The van der Waals surface area contributed by atoms with Crippen molar-refractivity contribution in [3.05, 3.63) is 23.8 Å². The second-order valence-corrected chi connectivity index (χ2v) is 6.48. The summed E-state index contributed by atoms with van der Waals surface area (Å²) < 4.78 is 0. The van der Waals surface area contributed by atoms with Crippen LogP contribution in [-0.2, 0) is 0 Å². The molecule has 2 fully saturated rings. The third-order valence-electron chi connectivity index (χ3n) is 5.30. The molecular formula is C17H26. The van der Waals surface area contributed by atoms with E-state index in [1.54, 1.807) is 24.8 Å². The number of rotatable bonds is 5. The fraction of sp³-hybridized carbons (Fsp3) is 0.765. The summed E-state index contributed by atoms with van der Waals surface area (Å²) in [6.07, 6.45) is 23.1. The SMILES string of the molecule is C1=CC(CCCCC2CC23CCCC3)=CCC1. The minimum atomic E-state index is 0.879. The van der Waals surface area contributed by atoms with Gasteiger partial charge < -0.3 is 0 Å². The highest BCUT2D eigenvalue weighted by molar-refractivity contribution is 5.21. The van der Waals surface area contributed by atoms with Crippen LogP contribution in [0.15, 0.2) is 23.8 Å². The van der Waals surface area contributed by atoms with Crippen LogP contribution in [0.3, 0.4) is 0 Å². The maximum Gasteiger partial charge on any atom is -0.0266 e. The van der Waals surface area contributed by atoms with E-state index in [1.807, 2.05) is 0 Å². The Morgan fingerprint density at radius 3 is 2.76 bits per heavy atom. The summed E-state index contributed by atoms with van der Waals surface area (Å²) in [7, 11) is 0. The first-order chi connectivity index (χ1) is 8.39. The van der Waals surface area contributed by atoms with E-state index in [2.05, 4.69) is 18.2 Å². The van der Waals surface area contributed by atoms with Gasteiger partial charge in [-0.2, -0.15) is 0 Å². The molecule has 3 rings (SSSR count). The van der Waals surface area contributed by atoms with Gasteiger partial charge in [-0.15, -0.1) is 0 Å². The van der Waals surface area contributed by atoms with Gasteiger partial charge in [0.2, 0.25) is 0 Å². The van der Waals surface area contributed by atoms with Crippen LogP contribution < -0.4 is 0 Å². The molecule has 1 spiro atoms. The lowest BCUT2D eigenvalue weighted by molar-refractivity contribution is 0.444. The summed E-state index contributed by atoms with van der Waals surface area (Å²) >= 11 is 0. The van der Waals surface area contributed by atoms with Crippen LogP contribution in [0, 0.1) is 11.3 Å². The molecular weight excluding hydrogens is 204 g/mol. The van der Waals surface area contributed by atoms with Gasteiger partial charge >= 0.3 is 0 Å². The molecule has 0 aromatic rings. The van der Waals surface area contributed by atoms with E-state index in [4.69, 9.17) is 0 Å². The third kappa shape index (κ3) is 2.67. The lowest BCUT2D eigenvalue weighted by Crippen LogP contribution is -1.96. The Morgan fingerprint density at radius 1 is 1.12 bits per heavy atom. The highest BCUT2D eigenvalue weighted by Gasteiger charge is 2.53. The smallest absolute Gasteiger partial charge is 0.0266 e. The topological polar surface area (TPSA) is 0 Å². The van der Waals surface area contributed by atoms with Gasteiger partial charge in [0.1, 0.15) is 0 Å². The Bertz CT molecular complexity index is 315. The minimum absolute atomic E-state index is 0.879. The predicted molar refractivity (Wildman–Crippen MR) is 73.9 cm³/mol. The van der Waals surface area contributed by atoms with Crippen LogP contribution in [-0.4, -0.2) is 0 Å². The summed E-state index contributed by atoms with van der Waals surface area (Å²) in [5.74, 6) is 1.13. The standard InChI is InChI=1S/C17H26/c1-2-8-15(9-3-1)10-4-5-11-16-14-17(16)12-6-7-13-17/h2,8-9,16H,1,3-7,10-14H2. The number of hydrogen-bond donors (Lipinski definition) is 0. The normalized spacial score (nSPS) is 29.6. The van der Waals surface area contributed by atoms with Gasteiger partial charge in [0, 0.05) is 0 Å². The minimum Gasteiger partial charge on any atom is -0.0840 e. The van der Waals surface area contributed by atoms with E-state index in [0.29, 0.717) is 0 Å². The van der Waals surface area contributed by atoms with E-state index < -0.39 is 0 Å². The van der Waals surface area contributed by atoms with Gasteiger partial charge in [0.25, 0.3) is 0 Å². The average Bonchev–Trinajstić information content (AvgIpc) is 2.81. The summed E-state index contributed by atoms with van der Waals surface area (Å²) in [4.78, 5) is 0. The molecule has 0 N–H and O–H groups in total. The largest absolute Gasteiger partial charge is 0.0840 e. The molecule has 0 saturated heterocycles. The van der Waals surface area contributed by atoms with Crippen LogP contribution >= 0.6 is 0 Å². The van der Waals surface area contributed by atoms with Crippen molar-refractivity contribution in [1.82, 2.24) is 0 Å². The van der Waals surface area contributed by atoms with Crippen molar-refractivity contribution in [3.8, 4) is 0 Å². The molecule has 2 saturated carbocycles. The van der Waals surface area contributed by atoms with Crippen LogP contribution in [0.25, 0.3) is 0 Å². The van der Waals surface area contributed by atoms with Gasteiger partial charge in [-0.3, -0.25) is 0 Å². The average molecular weight is 230 g/mol. The molecule has 3 aliphatic rings. The molecule has 3 aliphatic carbocycles. The van der Waals surface area contributed by atoms with Gasteiger partial charge in [-0.25, -0.2) is 0 Å². The number of allylic oxidation sites excluding steroid dienone is 4. The maximum atomic E-state index is 2.44. The van der Waals surface area contributed by atoms with Crippen molar-refractivity contribution in [2.75, 3.05) is 0 Å². The first kappa shape index (κ1) is 11.6. The molecule has 0 aromatic heterocycles. The van der Waals surface area contributed by atoms with Gasteiger partial charge in [-0.05, 0) is 62.7 Å². The number of hydrogen-bond acceptors (Lipinski definition) is 0. The van der Waals surface area contributed by atoms with E-state index >= 15 is 0 Å². The highest BCUT2D eigenvalue weighted by atomic mass is 14.6. The monoisotopic (exact) mass is 230 g/mol. The van der Waals surface area contributed by atoms with Crippen molar-refractivity contribution in [2.24, 2.45) is 11.3 Å². The van der Waals surface area contributed by atoms with Crippen LogP contribution in [0.5, 0.6) is 0 Å². The Kier molecular flexibility index (Phi) is 3.40. The maximum absolute atomic E-state index is 2.44. The van der Waals surface area contributed by atoms with Crippen LogP contribution in [0.1, 0.15) is 70.6 Å². The zero-order valence-corrected chi connectivity index (χ0v) is 11.1. The van der Waals surface area contributed by atoms with E-state index in [-0.39, 0.29) is 0 Å². The van der Waals surface area contributed by atoms with E-state index in [1.165, 1.54) is 51.4 Å². The molecule has 0 aliphatic heterocycles. The van der Waals surface area contributed by atoms with Gasteiger partial charge in [0.05, 0.1) is 0 Å². The fourth-order valence-electron chi connectivity index (χ4n) is 4.10. The quantitative estimate of drug-likeness (QED) is 0.554. The van der Waals surface area contributed by atoms with Gasteiger partial charge in [-0.1, -0.05) is 43.1 Å². The molecule has 0 nitrogen and oxygen atoms in total. The summed E-state index contributed by atoms with van der Waals surface area (Å²) in [5.41, 5.74) is 2.48. The summed E-state index contributed by atoms with van der Waals surface area (Å²) in [5, 5.41) is 0. The first-order valence-corrected chi connectivity index (χ1v) is 7.75. The molecule has 0 radical (unpaired) electrons. The summed E-state index contributed by atoms with van der Waals surface area (Å²) in [6.45, 7) is 0. The second kappa shape index (κ2) is 5.00. The van der Waals surface area contributed by atoms with Crippen LogP contribution in [0.4, 0.5) is 0 Å². The molecule has 1 unspecified atom stereocenters. The third-order valence-corrected chi connectivity index (χ3v) is 5.30. The van der Waals surface area contributed by atoms with E-state index in [9.17, 15) is 0 Å². The Labute approximate surface area is 106 Å². The second-order valence-electron chi connectivity index (χ2n) is 6.48. The number of unbranched alkanes of at least 4 members (excludes halogenated alkanes) is 1. The molecule has 94 valence electrons. The van der Waals surface area contributed by atoms with Gasteiger partial charge in [0.15, 0.2) is 0 Å². The molecule has 0 amide bonds. The highest BCUT2D eigenvalue weighted by Crippen LogP contribution is 2.64. The molecule has 1 atom stereocenters. The van der Waals surface area contributed by atoms with Crippen molar-refractivity contribution in [2.45, 2.75) is 70.6 Å². The molecule has 0 bridgehead atoms. The predicted octanol–water partition coefficient (Wildman–Crippen LogP) is 5.40. The van der Waals surface area contributed by atoms with Crippen molar-refractivity contribution in [3.63, 3.8) is 0 Å². The zero-order chi connectivity index (χ0) is 11.6. The lowest BCUT2D eigenvalue weighted by Gasteiger charge is -2.09. The zero-order valence-electron chi connectivity index (χ0n) is 11.1. The first-order valence-electron chi connectivity index (χ1n) is 7.75. The molecule has 0 heteroatoms. The molecule has 0 aromatic carbocycles. The Morgan fingerprint density at radius 2 is 2.00 bits per heavy atom. The van der Waals surface area contributed by atoms with Crippen molar-refractivity contribution in [1.29, 1.82) is 0 Å². The lowest BCUT2D eigenvalue weighted by atomic mass is 9.97.